The number of nitrogens with one attached hydrogen (secondary N) is 1. The molecule has 0 unspecified atom stereocenters. The molecule has 0 atom stereocenters. The van der Waals surface area contributed by atoms with Crippen molar-refractivity contribution in [3.05, 3.63) is 29.8 Å². The molecule has 3 heteroatoms. The van der Waals surface area contributed by atoms with Crippen LogP contribution < -0.4 is 5.32 Å². The molecule has 68 valence electrons. The zero-order valence-electron chi connectivity index (χ0n) is 7.33. The van der Waals surface area contributed by atoms with Crippen molar-refractivity contribution in [3.8, 4) is 5.75 Å². The largest absolute Gasteiger partial charge is 0.507 e. The number of nitrogens with zero attached hydrogens (tertiary/aromatic N) is 1. The minimum atomic E-state index is 0.288. The molecule has 0 spiro atoms. The number of hydrogen-bond acceptors (Lipinski definition) is 3. The first-order valence-corrected chi connectivity index (χ1v) is 4.44. The van der Waals surface area contributed by atoms with Crippen LogP contribution in [0.15, 0.2) is 29.3 Å². The Kier molecular flexibility index (Phi) is 2.17. The number of para-hydroxylation sites is 1. The van der Waals surface area contributed by atoms with E-state index >= 15 is 0 Å². The quantitative estimate of drug-likeness (QED) is 0.673. The van der Waals surface area contributed by atoms with Gasteiger partial charge in [0.2, 0.25) is 0 Å². The van der Waals surface area contributed by atoms with E-state index in [1.54, 1.807) is 6.07 Å². The van der Waals surface area contributed by atoms with Crippen LogP contribution in [-0.4, -0.2) is 24.0 Å². The second-order valence-electron chi connectivity index (χ2n) is 3.03. The van der Waals surface area contributed by atoms with E-state index in [2.05, 4.69) is 10.3 Å². The van der Waals surface area contributed by atoms with E-state index in [-0.39, 0.29) is 5.75 Å². The van der Waals surface area contributed by atoms with Gasteiger partial charge in [-0.05, 0) is 18.6 Å². The highest BCUT2D eigenvalue weighted by atomic mass is 16.3. The fourth-order valence-electron chi connectivity index (χ4n) is 1.39. The van der Waals surface area contributed by atoms with Gasteiger partial charge < -0.3 is 10.4 Å². The van der Waals surface area contributed by atoms with E-state index in [0.29, 0.717) is 0 Å². The lowest BCUT2D eigenvalue weighted by Gasteiger charge is -2.15. The van der Waals surface area contributed by atoms with Crippen LogP contribution in [0.1, 0.15) is 12.0 Å². The monoisotopic (exact) mass is 176 g/mol. The zero-order chi connectivity index (χ0) is 9.10. The smallest absolute Gasteiger partial charge is 0.132 e. The van der Waals surface area contributed by atoms with Gasteiger partial charge in [0, 0.05) is 13.1 Å². The molecule has 1 aromatic rings. The SMILES string of the molecule is Oc1ccccc1C1=NCCCN1. The van der Waals surface area contributed by atoms with Crippen LogP contribution in [0.4, 0.5) is 0 Å². The van der Waals surface area contributed by atoms with Crippen LogP contribution in [0.25, 0.3) is 0 Å². The molecule has 0 radical (unpaired) electrons. The second kappa shape index (κ2) is 3.47. The minimum Gasteiger partial charge on any atom is -0.507 e. The molecule has 3 nitrogen and oxygen atoms in total. The second-order valence-corrected chi connectivity index (χ2v) is 3.03. The molecule has 0 bridgehead atoms. The van der Waals surface area contributed by atoms with Crippen molar-refractivity contribution >= 4 is 5.84 Å². The highest BCUT2D eigenvalue weighted by Gasteiger charge is 2.09. The van der Waals surface area contributed by atoms with Gasteiger partial charge >= 0.3 is 0 Å². The summed E-state index contributed by atoms with van der Waals surface area (Å²) < 4.78 is 0. The van der Waals surface area contributed by atoms with Gasteiger partial charge in [0.25, 0.3) is 0 Å². The zero-order valence-corrected chi connectivity index (χ0v) is 7.33. The van der Waals surface area contributed by atoms with Gasteiger partial charge in [-0.3, -0.25) is 4.99 Å². The van der Waals surface area contributed by atoms with Crippen LogP contribution in [0.2, 0.25) is 0 Å². The molecule has 1 aliphatic rings. The van der Waals surface area contributed by atoms with Crippen LogP contribution >= 0.6 is 0 Å². The maximum Gasteiger partial charge on any atom is 0.132 e. The Morgan fingerprint density at radius 1 is 1.31 bits per heavy atom. The number of hydrogen-bond donors (Lipinski definition) is 2. The predicted octanol–water partition coefficient (Wildman–Crippen LogP) is 1.13. The summed E-state index contributed by atoms with van der Waals surface area (Å²) in [6, 6.07) is 7.25. The molecule has 0 aliphatic carbocycles. The Morgan fingerprint density at radius 2 is 2.15 bits per heavy atom. The van der Waals surface area contributed by atoms with E-state index in [4.69, 9.17) is 0 Å². The predicted molar refractivity (Wildman–Crippen MR) is 52.1 cm³/mol. The molecule has 13 heavy (non-hydrogen) atoms. The fourth-order valence-corrected chi connectivity index (χ4v) is 1.39. The van der Waals surface area contributed by atoms with E-state index in [1.165, 1.54) is 0 Å². The standard InChI is InChI=1S/C10H12N2O/c13-9-5-2-1-4-8(9)10-11-6-3-7-12-10/h1-2,4-5,13H,3,6-7H2,(H,11,12). The molecule has 0 saturated carbocycles. The Morgan fingerprint density at radius 3 is 2.85 bits per heavy atom. The molecule has 0 saturated heterocycles. The topological polar surface area (TPSA) is 44.6 Å². The van der Waals surface area contributed by atoms with Gasteiger partial charge in [-0.25, -0.2) is 0 Å². The van der Waals surface area contributed by atoms with E-state index in [0.717, 1.165) is 30.9 Å². The van der Waals surface area contributed by atoms with Crippen molar-refractivity contribution in [2.45, 2.75) is 6.42 Å². The average Bonchev–Trinajstić information content (AvgIpc) is 2.20. The molecular formula is C10H12N2O. The van der Waals surface area contributed by atoms with Crippen molar-refractivity contribution in [1.82, 2.24) is 5.32 Å². The Labute approximate surface area is 77.1 Å². The summed E-state index contributed by atoms with van der Waals surface area (Å²) in [4.78, 5) is 4.31. The average molecular weight is 176 g/mol. The number of rotatable bonds is 1. The Hall–Kier alpha value is -1.51. The normalized spacial score (nSPS) is 16.2. The number of benzene rings is 1. The first-order valence-electron chi connectivity index (χ1n) is 4.44. The van der Waals surface area contributed by atoms with Gasteiger partial charge in [0.05, 0.1) is 5.56 Å². The van der Waals surface area contributed by atoms with Crippen LogP contribution in [0.3, 0.4) is 0 Å². The van der Waals surface area contributed by atoms with E-state index < -0.39 is 0 Å². The van der Waals surface area contributed by atoms with E-state index in [1.807, 2.05) is 18.2 Å². The molecule has 0 fully saturated rings. The lowest BCUT2D eigenvalue weighted by Crippen LogP contribution is -2.30. The summed E-state index contributed by atoms with van der Waals surface area (Å²) >= 11 is 0. The lowest BCUT2D eigenvalue weighted by atomic mass is 10.1. The fraction of sp³-hybridized carbons (Fsp3) is 0.300. The summed E-state index contributed by atoms with van der Waals surface area (Å²) in [7, 11) is 0. The summed E-state index contributed by atoms with van der Waals surface area (Å²) in [5.41, 5.74) is 0.794. The summed E-state index contributed by atoms with van der Waals surface area (Å²) in [5.74, 6) is 1.10. The van der Waals surface area contributed by atoms with Crippen molar-refractivity contribution in [1.29, 1.82) is 0 Å². The highest BCUT2D eigenvalue weighted by molar-refractivity contribution is 6.01. The third-order valence-electron chi connectivity index (χ3n) is 2.06. The number of aliphatic imine (C=N–C) groups is 1. The van der Waals surface area contributed by atoms with Gasteiger partial charge in [-0.1, -0.05) is 12.1 Å². The molecule has 1 heterocycles. The van der Waals surface area contributed by atoms with Crippen molar-refractivity contribution in [2.75, 3.05) is 13.1 Å². The van der Waals surface area contributed by atoms with E-state index in [9.17, 15) is 5.11 Å². The van der Waals surface area contributed by atoms with Crippen LogP contribution in [0.5, 0.6) is 5.75 Å². The first-order chi connectivity index (χ1) is 6.38. The maximum absolute atomic E-state index is 9.54. The molecule has 1 aliphatic heterocycles. The summed E-state index contributed by atoms with van der Waals surface area (Å²) in [5, 5.41) is 12.7. The molecule has 0 amide bonds. The summed E-state index contributed by atoms with van der Waals surface area (Å²) in [6.45, 7) is 1.78. The number of aromatic hydroxyl groups is 1. The highest BCUT2D eigenvalue weighted by Crippen LogP contribution is 2.16. The maximum atomic E-state index is 9.54. The van der Waals surface area contributed by atoms with Crippen molar-refractivity contribution in [3.63, 3.8) is 0 Å². The molecule has 0 aromatic heterocycles. The number of phenolic OH excluding ortho intramolecular Hbond substituents is 1. The third-order valence-corrected chi connectivity index (χ3v) is 2.06. The van der Waals surface area contributed by atoms with Crippen LogP contribution in [-0.2, 0) is 0 Å². The minimum absolute atomic E-state index is 0.288. The van der Waals surface area contributed by atoms with Gasteiger partial charge in [0.15, 0.2) is 0 Å². The molecule has 2 rings (SSSR count). The lowest BCUT2D eigenvalue weighted by molar-refractivity contribution is 0.473. The molecule has 2 N–H and O–H groups in total. The third kappa shape index (κ3) is 1.64. The van der Waals surface area contributed by atoms with Crippen molar-refractivity contribution in [2.24, 2.45) is 4.99 Å². The number of amidine groups is 1. The Balaban J connectivity index is 2.34. The Bertz CT molecular complexity index is 333. The van der Waals surface area contributed by atoms with Crippen molar-refractivity contribution < 1.29 is 5.11 Å². The molecular weight excluding hydrogens is 164 g/mol. The van der Waals surface area contributed by atoms with Gasteiger partial charge in [0.1, 0.15) is 11.6 Å². The van der Waals surface area contributed by atoms with Crippen LogP contribution in [0, 0.1) is 0 Å². The van der Waals surface area contributed by atoms with Gasteiger partial charge in [-0.15, -0.1) is 0 Å². The van der Waals surface area contributed by atoms with Gasteiger partial charge in [-0.2, -0.15) is 0 Å². The molecule has 1 aromatic carbocycles. The first kappa shape index (κ1) is 8.10. The summed E-state index contributed by atoms with van der Waals surface area (Å²) in [6.07, 6.45) is 1.07. The number of phenols is 1.